The summed E-state index contributed by atoms with van der Waals surface area (Å²) in [5.74, 6) is 0.746. The Hall–Kier alpha value is -2.14. The maximum absolute atomic E-state index is 12.5. The molecule has 142 valence electrons. The molecule has 2 amide bonds. The molecule has 2 atom stereocenters. The quantitative estimate of drug-likeness (QED) is 0.857. The zero-order valence-corrected chi connectivity index (χ0v) is 16.5. The van der Waals surface area contributed by atoms with Gasteiger partial charge in [-0.2, -0.15) is 0 Å². The Kier molecular flexibility index (Phi) is 4.81. The second-order valence-corrected chi connectivity index (χ2v) is 9.09. The summed E-state index contributed by atoms with van der Waals surface area (Å²) in [4.78, 5) is 28.0. The van der Waals surface area contributed by atoms with E-state index in [0.29, 0.717) is 38.3 Å². The topological polar surface area (TPSA) is 63.4 Å². The van der Waals surface area contributed by atoms with Crippen LogP contribution in [0.4, 0.5) is 0 Å². The van der Waals surface area contributed by atoms with Gasteiger partial charge in [-0.25, -0.2) is 0 Å². The molecule has 1 saturated carbocycles. The zero-order valence-electron chi connectivity index (χ0n) is 15.7. The van der Waals surface area contributed by atoms with Crippen LogP contribution in [0, 0.1) is 17.3 Å². The number of amides is 2. The van der Waals surface area contributed by atoms with E-state index in [9.17, 15) is 9.59 Å². The van der Waals surface area contributed by atoms with E-state index in [1.54, 1.807) is 11.3 Å². The van der Waals surface area contributed by atoms with E-state index in [0.717, 1.165) is 12.0 Å². The predicted octanol–water partition coefficient (Wildman–Crippen LogP) is 3.71. The second-order valence-electron chi connectivity index (χ2n) is 8.14. The fourth-order valence-electron chi connectivity index (χ4n) is 4.19. The lowest BCUT2D eigenvalue weighted by atomic mass is 9.73. The Morgan fingerprint density at radius 1 is 1.19 bits per heavy atom. The average molecular weight is 383 g/mol. The first-order valence-corrected chi connectivity index (χ1v) is 10.6. The van der Waals surface area contributed by atoms with Crippen LogP contribution in [0.25, 0.3) is 10.4 Å². The van der Waals surface area contributed by atoms with Crippen molar-refractivity contribution in [2.24, 2.45) is 23.0 Å². The van der Waals surface area contributed by atoms with Crippen LogP contribution in [0.2, 0.25) is 0 Å². The first-order valence-electron chi connectivity index (χ1n) is 9.70. The van der Waals surface area contributed by atoms with Gasteiger partial charge in [-0.3, -0.25) is 9.59 Å². The van der Waals surface area contributed by atoms with Crippen molar-refractivity contribution in [3.8, 4) is 10.4 Å². The summed E-state index contributed by atoms with van der Waals surface area (Å²) in [7, 11) is 0. The molecule has 2 aliphatic rings. The van der Waals surface area contributed by atoms with E-state index in [-0.39, 0.29) is 17.7 Å². The number of hydrogen-bond donors (Lipinski definition) is 1. The van der Waals surface area contributed by atoms with E-state index in [1.165, 1.54) is 10.4 Å². The number of benzene rings is 1. The van der Waals surface area contributed by atoms with Gasteiger partial charge in [0.25, 0.3) is 0 Å². The number of piperidine rings is 1. The van der Waals surface area contributed by atoms with Crippen molar-refractivity contribution >= 4 is 23.2 Å². The first-order chi connectivity index (χ1) is 13.0. The molecule has 0 bridgehead atoms. The van der Waals surface area contributed by atoms with Crippen molar-refractivity contribution in [2.75, 3.05) is 13.1 Å². The molecule has 5 heteroatoms. The third kappa shape index (κ3) is 3.65. The minimum Gasteiger partial charge on any atom is -0.369 e. The molecule has 1 aliphatic carbocycles. The Labute approximate surface area is 164 Å². The maximum Gasteiger partial charge on any atom is 0.225 e. The molecule has 27 heavy (non-hydrogen) atoms. The highest BCUT2D eigenvalue weighted by Crippen LogP contribution is 2.41. The first kappa shape index (κ1) is 18.2. The van der Waals surface area contributed by atoms with Gasteiger partial charge in [-0.05, 0) is 54.2 Å². The van der Waals surface area contributed by atoms with Crippen LogP contribution < -0.4 is 5.73 Å². The molecule has 1 aliphatic heterocycles. The summed E-state index contributed by atoms with van der Waals surface area (Å²) in [6.45, 7) is 3.40. The molecule has 2 fully saturated rings. The molecule has 0 unspecified atom stereocenters. The number of carbonyl (C=O) groups is 2. The fourth-order valence-corrected chi connectivity index (χ4v) is 4.92. The second kappa shape index (κ2) is 7.12. The smallest absolute Gasteiger partial charge is 0.225 e. The van der Waals surface area contributed by atoms with Crippen molar-refractivity contribution in [2.45, 2.75) is 32.6 Å². The number of rotatable bonds is 5. The molecule has 0 radical (unpaired) electrons. The number of carbonyl (C=O) groups excluding carboxylic acids is 2. The van der Waals surface area contributed by atoms with Crippen LogP contribution in [0.15, 0.2) is 41.8 Å². The van der Waals surface area contributed by atoms with E-state index in [1.807, 2.05) is 11.0 Å². The van der Waals surface area contributed by atoms with Gasteiger partial charge in [-0.15, -0.1) is 11.3 Å². The highest BCUT2D eigenvalue weighted by molar-refractivity contribution is 7.13. The molecule has 2 aromatic rings. The molecule has 4 nitrogen and oxygen atoms in total. The molecular weight excluding hydrogens is 356 g/mol. The van der Waals surface area contributed by atoms with Crippen LogP contribution in [0.3, 0.4) is 0 Å². The SMILES string of the molecule is C[C@H]1C[C@H]1C(=O)N1CCC(Cc2ccc(-c3cccs3)cc2)(C(N)=O)CC1. The monoisotopic (exact) mass is 382 g/mol. The van der Waals surface area contributed by atoms with E-state index < -0.39 is 5.41 Å². The van der Waals surface area contributed by atoms with Crippen molar-refractivity contribution in [3.05, 3.63) is 47.3 Å². The maximum atomic E-state index is 12.5. The summed E-state index contributed by atoms with van der Waals surface area (Å²) >= 11 is 1.72. The third-order valence-corrected chi connectivity index (χ3v) is 7.20. The standard InChI is InChI=1S/C22H26N2O2S/c1-15-13-18(15)20(25)24-10-8-22(9-11-24,21(23)26)14-16-4-6-17(7-5-16)19-3-2-12-27-19/h2-7,12,15,18H,8-11,13-14H2,1H3,(H2,23,26)/t15-,18+/m0/s1. The number of nitrogens with two attached hydrogens (primary N) is 1. The Morgan fingerprint density at radius 2 is 1.85 bits per heavy atom. The number of hydrogen-bond acceptors (Lipinski definition) is 3. The number of nitrogens with zero attached hydrogens (tertiary/aromatic N) is 1. The van der Waals surface area contributed by atoms with Crippen molar-refractivity contribution in [1.82, 2.24) is 4.90 Å². The van der Waals surface area contributed by atoms with Gasteiger partial charge >= 0.3 is 0 Å². The van der Waals surface area contributed by atoms with Crippen LogP contribution in [0.1, 0.15) is 31.7 Å². The van der Waals surface area contributed by atoms with Crippen molar-refractivity contribution in [3.63, 3.8) is 0 Å². The number of primary amides is 1. The molecular formula is C22H26N2O2S. The molecule has 4 rings (SSSR count). The molecule has 2 heterocycles. The Morgan fingerprint density at radius 3 is 2.37 bits per heavy atom. The average Bonchev–Trinajstić information content (AvgIpc) is 3.17. The lowest BCUT2D eigenvalue weighted by molar-refractivity contribution is -0.140. The predicted molar refractivity (Wildman–Crippen MR) is 108 cm³/mol. The minimum atomic E-state index is -0.545. The van der Waals surface area contributed by atoms with E-state index in [4.69, 9.17) is 5.73 Å². The minimum absolute atomic E-state index is 0.205. The van der Waals surface area contributed by atoms with Gasteiger partial charge in [0.1, 0.15) is 0 Å². The lowest BCUT2D eigenvalue weighted by Crippen LogP contribution is -2.50. The van der Waals surface area contributed by atoms with Crippen molar-refractivity contribution in [1.29, 1.82) is 0 Å². The third-order valence-electron chi connectivity index (χ3n) is 6.28. The molecule has 2 N–H and O–H groups in total. The van der Waals surface area contributed by atoms with Crippen LogP contribution in [0.5, 0.6) is 0 Å². The largest absolute Gasteiger partial charge is 0.369 e. The fraction of sp³-hybridized carbons (Fsp3) is 0.455. The van der Waals surface area contributed by atoms with Gasteiger partial charge in [0.05, 0.1) is 5.41 Å². The number of likely N-dealkylation sites (tertiary alicyclic amines) is 1. The summed E-state index contributed by atoms with van der Waals surface area (Å²) in [6.07, 6.45) is 2.96. The number of thiophene rings is 1. The van der Waals surface area contributed by atoms with Crippen LogP contribution in [-0.2, 0) is 16.0 Å². The van der Waals surface area contributed by atoms with Gasteiger partial charge in [-0.1, -0.05) is 37.3 Å². The highest BCUT2D eigenvalue weighted by atomic mass is 32.1. The molecule has 0 spiro atoms. The Bertz CT molecular complexity index is 821. The van der Waals surface area contributed by atoms with Crippen LogP contribution in [-0.4, -0.2) is 29.8 Å². The molecule has 1 aromatic heterocycles. The molecule has 1 saturated heterocycles. The highest BCUT2D eigenvalue weighted by Gasteiger charge is 2.45. The summed E-state index contributed by atoms with van der Waals surface area (Å²) in [6, 6.07) is 12.6. The van der Waals surface area contributed by atoms with Gasteiger partial charge in [0.2, 0.25) is 11.8 Å². The van der Waals surface area contributed by atoms with E-state index in [2.05, 4.69) is 42.6 Å². The Balaban J connectivity index is 1.44. The van der Waals surface area contributed by atoms with Gasteiger partial charge in [0.15, 0.2) is 0 Å². The van der Waals surface area contributed by atoms with Crippen LogP contribution >= 0.6 is 11.3 Å². The van der Waals surface area contributed by atoms with E-state index >= 15 is 0 Å². The zero-order chi connectivity index (χ0) is 19.0. The van der Waals surface area contributed by atoms with Gasteiger partial charge in [0, 0.05) is 23.9 Å². The van der Waals surface area contributed by atoms with Gasteiger partial charge < -0.3 is 10.6 Å². The lowest BCUT2D eigenvalue weighted by Gasteiger charge is -2.40. The normalized spacial score (nSPS) is 23.8. The molecule has 1 aromatic carbocycles. The summed E-state index contributed by atoms with van der Waals surface area (Å²) in [5, 5.41) is 2.07. The summed E-state index contributed by atoms with van der Waals surface area (Å²) < 4.78 is 0. The summed E-state index contributed by atoms with van der Waals surface area (Å²) in [5.41, 5.74) is 7.61. The van der Waals surface area contributed by atoms with Crippen molar-refractivity contribution < 1.29 is 9.59 Å².